The Balaban J connectivity index is 2.50. The van der Waals surface area contributed by atoms with E-state index < -0.39 is 10.0 Å². The lowest BCUT2D eigenvalue weighted by Crippen LogP contribution is -2.26. The van der Waals surface area contributed by atoms with Crippen LogP contribution in [0.3, 0.4) is 0 Å². The van der Waals surface area contributed by atoms with Gasteiger partial charge in [0.1, 0.15) is 0 Å². The third-order valence-electron chi connectivity index (χ3n) is 2.24. The van der Waals surface area contributed by atoms with Crippen molar-refractivity contribution < 1.29 is 8.42 Å². The van der Waals surface area contributed by atoms with E-state index in [2.05, 4.69) is 16.6 Å². The van der Waals surface area contributed by atoms with Crippen LogP contribution in [0, 0.1) is 11.8 Å². The maximum absolute atomic E-state index is 11.5. The Morgan fingerprint density at radius 3 is 2.72 bits per heavy atom. The highest BCUT2D eigenvalue weighted by atomic mass is 35.5. The molecule has 0 aliphatic heterocycles. The highest BCUT2D eigenvalue weighted by Gasteiger charge is 2.06. The van der Waals surface area contributed by atoms with Gasteiger partial charge in [-0.3, -0.25) is 0 Å². The second-order valence-corrected chi connectivity index (χ2v) is 6.11. The highest BCUT2D eigenvalue weighted by Crippen LogP contribution is 2.12. The van der Waals surface area contributed by atoms with Crippen molar-refractivity contribution in [1.82, 2.24) is 4.72 Å². The quantitative estimate of drug-likeness (QED) is 0.845. The molecule has 1 N–H and O–H groups in total. The van der Waals surface area contributed by atoms with Gasteiger partial charge in [-0.2, -0.15) is 0 Å². The van der Waals surface area contributed by atoms with E-state index in [4.69, 9.17) is 11.6 Å². The number of benzene rings is 1. The van der Waals surface area contributed by atoms with Crippen LogP contribution in [0.1, 0.15) is 25.3 Å². The van der Waals surface area contributed by atoms with Crippen molar-refractivity contribution in [3.8, 4) is 11.8 Å². The van der Waals surface area contributed by atoms with Crippen molar-refractivity contribution >= 4 is 21.6 Å². The molecule has 1 aromatic carbocycles. The standard InChI is InChI=1S/C13H16ClNO2S/c1-2-3-11-18(16,17)15-10-6-8-12-7-4-5-9-13(12)14/h4-5,7,9,15H,2-3,10-11H2,1H3. The largest absolute Gasteiger partial charge is 0.212 e. The molecule has 0 amide bonds. The number of hydrogen-bond acceptors (Lipinski definition) is 2. The van der Waals surface area contributed by atoms with E-state index in [1.54, 1.807) is 12.1 Å². The molecule has 0 fully saturated rings. The number of unbranched alkanes of at least 4 members (excludes halogenated alkanes) is 1. The van der Waals surface area contributed by atoms with E-state index in [1.165, 1.54) is 0 Å². The lowest BCUT2D eigenvalue weighted by Gasteiger charge is -2.01. The minimum atomic E-state index is -3.19. The SMILES string of the molecule is CCCCS(=O)(=O)NCC#Cc1ccccc1Cl. The molecule has 0 heterocycles. The van der Waals surface area contributed by atoms with E-state index in [0.717, 1.165) is 6.42 Å². The molecule has 18 heavy (non-hydrogen) atoms. The summed E-state index contributed by atoms with van der Waals surface area (Å²) in [6.45, 7) is 2.06. The number of halogens is 1. The Kier molecular flexibility index (Phi) is 6.20. The van der Waals surface area contributed by atoms with Crippen molar-refractivity contribution in [2.75, 3.05) is 12.3 Å². The van der Waals surface area contributed by atoms with Crippen molar-refractivity contribution in [1.29, 1.82) is 0 Å². The van der Waals surface area contributed by atoms with Crippen LogP contribution in [0.25, 0.3) is 0 Å². The summed E-state index contributed by atoms with van der Waals surface area (Å²) >= 11 is 5.92. The van der Waals surface area contributed by atoms with Gasteiger partial charge >= 0.3 is 0 Å². The topological polar surface area (TPSA) is 46.2 Å². The summed E-state index contributed by atoms with van der Waals surface area (Å²) in [6, 6.07) is 7.19. The molecule has 0 saturated carbocycles. The normalized spacial score (nSPS) is 10.8. The van der Waals surface area contributed by atoms with Crippen molar-refractivity contribution in [2.24, 2.45) is 0 Å². The van der Waals surface area contributed by atoms with Crippen LogP contribution >= 0.6 is 11.6 Å². The van der Waals surface area contributed by atoms with Gasteiger partial charge in [0.25, 0.3) is 0 Å². The fourth-order valence-electron chi connectivity index (χ4n) is 1.25. The molecule has 0 aromatic heterocycles. The average Bonchev–Trinajstić information content (AvgIpc) is 2.34. The summed E-state index contributed by atoms with van der Waals surface area (Å²) in [5, 5.41) is 0.568. The van der Waals surface area contributed by atoms with Crippen LogP contribution in [0.15, 0.2) is 24.3 Å². The first kappa shape index (κ1) is 15.0. The Bertz CT molecular complexity index is 544. The van der Waals surface area contributed by atoms with Gasteiger partial charge in [-0.05, 0) is 18.6 Å². The van der Waals surface area contributed by atoms with Gasteiger partial charge in [-0.15, -0.1) is 0 Å². The minimum absolute atomic E-state index is 0.108. The zero-order valence-electron chi connectivity index (χ0n) is 10.2. The number of nitrogens with one attached hydrogen (secondary N) is 1. The summed E-state index contributed by atoms with van der Waals surface area (Å²) in [5.74, 6) is 5.73. The maximum Gasteiger partial charge on any atom is 0.212 e. The monoisotopic (exact) mass is 285 g/mol. The van der Waals surface area contributed by atoms with Gasteiger partial charge in [-0.25, -0.2) is 13.1 Å². The predicted molar refractivity (Wildman–Crippen MR) is 75.0 cm³/mol. The van der Waals surface area contributed by atoms with Crippen LogP contribution in [-0.4, -0.2) is 20.7 Å². The molecular weight excluding hydrogens is 270 g/mol. The summed E-state index contributed by atoms with van der Waals surface area (Å²) in [7, 11) is -3.19. The molecule has 0 atom stereocenters. The Morgan fingerprint density at radius 1 is 1.33 bits per heavy atom. The molecule has 5 heteroatoms. The van der Waals surface area contributed by atoms with Crippen molar-refractivity contribution in [3.63, 3.8) is 0 Å². The van der Waals surface area contributed by atoms with Crippen LogP contribution in [-0.2, 0) is 10.0 Å². The number of sulfonamides is 1. The number of rotatable bonds is 5. The van der Waals surface area contributed by atoms with Gasteiger partial charge in [-0.1, -0.05) is 48.9 Å². The Morgan fingerprint density at radius 2 is 2.06 bits per heavy atom. The lowest BCUT2D eigenvalue weighted by atomic mass is 10.2. The van der Waals surface area contributed by atoms with Crippen LogP contribution < -0.4 is 4.72 Å². The molecule has 0 unspecified atom stereocenters. The molecule has 1 rings (SSSR count). The number of hydrogen-bond donors (Lipinski definition) is 1. The molecule has 1 aromatic rings. The van der Waals surface area contributed by atoms with E-state index in [0.29, 0.717) is 17.0 Å². The molecule has 0 aliphatic rings. The van der Waals surface area contributed by atoms with E-state index in [-0.39, 0.29) is 12.3 Å². The van der Waals surface area contributed by atoms with Gasteiger partial charge in [0.15, 0.2) is 0 Å². The zero-order valence-corrected chi connectivity index (χ0v) is 11.8. The summed E-state index contributed by atoms with van der Waals surface area (Å²) < 4.78 is 25.4. The van der Waals surface area contributed by atoms with E-state index in [1.807, 2.05) is 19.1 Å². The molecule has 0 aliphatic carbocycles. The molecule has 0 saturated heterocycles. The van der Waals surface area contributed by atoms with Gasteiger partial charge < -0.3 is 0 Å². The van der Waals surface area contributed by atoms with Crippen molar-refractivity contribution in [3.05, 3.63) is 34.9 Å². The molecule has 0 radical (unpaired) electrons. The third-order valence-corrected chi connectivity index (χ3v) is 3.98. The first-order valence-electron chi connectivity index (χ1n) is 5.76. The summed E-state index contributed by atoms with van der Waals surface area (Å²) in [6.07, 6.45) is 1.51. The predicted octanol–water partition coefficient (Wildman–Crippen LogP) is 2.41. The van der Waals surface area contributed by atoms with Gasteiger partial charge in [0, 0.05) is 5.56 Å². The second-order valence-electron chi connectivity index (χ2n) is 3.78. The van der Waals surface area contributed by atoms with Crippen LogP contribution in [0.4, 0.5) is 0 Å². The second kappa shape index (κ2) is 7.42. The maximum atomic E-state index is 11.5. The fraction of sp³-hybridized carbons (Fsp3) is 0.385. The highest BCUT2D eigenvalue weighted by molar-refractivity contribution is 7.89. The van der Waals surface area contributed by atoms with Crippen LogP contribution in [0.2, 0.25) is 5.02 Å². The summed E-state index contributed by atoms with van der Waals surface area (Å²) in [5.41, 5.74) is 0.701. The summed E-state index contributed by atoms with van der Waals surface area (Å²) in [4.78, 5) is 0. The third kappa shape index (κ3) is 5.54. The zero-order chi connectivity index (χ0) is 13.4. The first-order chi connectivity index (χ1) is 8.55. The smallest absolute Gasteiger partial charge is 0.212 e. The first-order valence-corrected chi connectivity index (χ1v) is 7.79. The van der Waals surface area contributed by atoms with E-state index >= 15 is 0 Å². The Labute approximate surface area is 114 Å². The minimum Gasteiger partial charge on any atom is -0.212 e. The average molecular weight is 286 g/mol. The molecule has 0 spiro atoms. The molecule has 3 nitrogen and oxygen atoms in total. The van der Waals surface area contributed by atoms with Gasteiger partial charge in [0.05, 0.1) is 17.3 Å². The molecule has 98 valence electrons. The lowest BCUT2D eigenvalue weighted by molar-refractivity contribution is 0.582. The fourth-order valence-corrected chi connectivity index (χ4v) is 2.54. The molecular formula is C13H16ClNO2S. The molecule has 0 bridgehead atoms. The van der Waals surface area contributed by atoms with Crippen molar-refractivity contribution in [2.45, 2.75) is 19.8 Å². The van der Waals surface area contributed by atoms with Crippen LogP contribution in [0.5, 0.6) is 0 Å². The van der Waals surface area contributed by atoms with Gasteiger partial charge in [0.2, 0.25) is 10.0 Å². The Hall–Kier alpha value is -1.02. The van der Waals surface area contributed by atoms with E-state index in [9.17, 15) is 8.42 Å².